The van der Waals surface area contributed by atoms with Crippen LogP contribution < -0.4 is 4.74 Å². The number of rotatable bonds is 3. The molecule has 3 aromatic rings. The minimum atomic E-state index is -0.182. The van der Waals surface area contributed by atoms with Gasteiger partial charge in [-0.2, -0.15) is 0 Å². The summed E-state index contributed by atoms with van der Waals surface area (Å²) in [5.74, 6) is 1.71. The number of ether oxygens (including phenoxy) is 1. The largest absolute Gasteiger partial charge is 0.456 e. The summed E-state index contributed by atoms with van der Waals surface area (Å²) in [6.45, 7) is 6.37. The van der Waals surface area contributed by atoms with Crippen LogP contribution in [0.5, 0.6) is 5.75 Å². The Morgan fingerprint density at radius 2 is 1.41 bits per heavy atom. The molecule has 2 nitrogen and oxygen atoms in total. The van der Waals surface area contributed by atoms with Crippen LogP contribution >= 0.6 is 0 Å². The number of benzene rings is 3. The van der Waals surface area contributed by atoms with Gasteiger partial charge < -0.3 is 4.74 Å². The van der Waals surface area contributed by atoms with Crippen molar-refractivity contribution >= 4 is 17.0 Å². The average Bonchev–Trinajstić information content (AvgIpc) is 2.73. The number of fused-ring (bicyclic) bond motifs is 1. The van der Waals surface area contributed by atoms with Crippen molar-refractivity contribution in [2.45, 2.75) is 26.3 Å². The quantitative estimate of drug-likeness (QED) is 0.459. The molecular weight excluding hydrogens is 354 g/mol. The van der Waals surface area contributed by atoms with Crippen LogP contribution in [0, 0.1) is 0 Å². The average molecular weight is 380 g/mol. The van der Waals surface area contributed by atoms with Gasteiger partial charge in [-0.25, -0.2) is 0 Å². The highest BCUT2D eigenvalue weighted by atomic mass is 16.5. The van der Waals surface area contributed by atoms with Gasteiger partial charge >= 0.3 is 0 Å². The van der Waals surface area contributed by atoms with E-state index < -0.39 is 0 Å². The normalized spacial score (nSPS) is 15.5. The Hall–Kier alpha value is -3.39. The highest BCUT2D eigenvalue weighted by Gasteiger charge is 2.19. The van der Waals surface area contributed by atoms with Crippen molar-refractivity contribution in [3.8, 4) is 5.75 Å². The van der Waals surface area contributed by atoms with Gasteiger partial charge in [-0.15, -0.1) is 0 Å². The molecule has 29 heavy (non-hydrogen) atoms. The lowest BCUT2D eigenvalue weighted by Crippen LogP contribution is -2.14. The van der Waals surface area contributed by atoms with Crippen molar-refractivity contribution in [2.75, 3.05) is 0 Å². The van der Waals surface area contributed by atoms with Crippen LogP contribution in [0.2, 0.25) is 0 Å². The minimum absolute atomic E-state index is 0.182. The predicted octanol–water partition coefficient (Wildman–Crippen LogP) is 6.79. The van der Waals surface area contributed by atoms with Crippen LogP contribution in [0.4, 0.5) is 0 Å². The fraction of sp³-hybridized carbons (Fsp3) is 0.148. The first-order chi connectivity index (χ1) is 14.0. The lowest BCUT2D eigenvalue weighted by molar-refractivity contribution is 0.509. The lowest BCUT2D eigenvalue weighted by atomic mass is 9.96. The third-order valence-corrected chi connectivity index (χ3v) is 4.58. The van der Waals surface area contributed by atoms with Crippen molar-refractivity contribution in [3.05, 3.63) is 114 Å². The molecule has 144 valence electrons. The van der Waals surface area contributed by atoms with Gasteiger partial charge in [0.15, 0.2) is 0 Å². The number of hydrogen-bond acceptors (Lipinski definition) is 2. The van der Waals surface area contributed by atoms with E-state index in [4.69, 9.17) is 9.73 Å². The Balaban J connectivity index is 1.88. The van der Waals surface area contributed by atoms with E-state index in [9.17, 15) is 0 Å². The molecule has 1 heterocycles. The van der Waals surface area contributed by atoms with Crippen LogP contribution in [-0.4, -0.2) is 11.3 Å². The van der Waals surface area contributed by atoms with Gasteiger partial charge in [0, 0.05) is 11.1 Å². The van der Waals surface area contributed by atoms with E-state index >= 15 is 0 Å². The van der Waals surface area contributed by atoms with Crippen molar-refractivity contribution in [3.63, 3.8) is 0 Å². The molecule has 0 unspecified atom stereocenters. The minimum Gasteiger partial charge on any atom is -0.456 e. The van der Waals surface area contributed by atoms with E-state index in [0.29, 0.717) is 0 Å². The van der Waals surface area contributed by atoms with Gasteiger partial charge in [0.05, 0.1) is 11.3 Å². The van der Waals surface area contributed by atoms with E-state index in [2.05, 4.69) is 75.4 Å². The predicted molar refractivity (Wildman–Crippen MR) is 122 cm³/mol. The molecule has 0 radical (unpaired) electrons. The zero-order valence-electron chi connectivity index (χ0n) is 17.1. The zero-order chi connectivity index (χ0) is 20.3. The van der Waals surface area contributed by atoms with Gasteiger partial charge in [-0.1, -0.05) is 78.9 Å². The second-order valence-corrected chi connectivity index (χ2v) is 8.11. The fourth-order valence-corrected chi connectivity index (χ4v) is 3.32. The Morgan fingerprint density at radius 3 is 2.10 bits per heavy atom. The number of para-hydroxylation sites is 1. The summed E-state index contributed by atoms with van der Waals surface area (Å²) in [7, 11) is 0. The molecule has 0 amide bonds. The molecule has 0 N–H and O–H groups in total. The smallest absolute Gasteiger partial charge is 0.135 e. The molecule has 0 fully saturated rings. The molecule has 0 bridgehead atoms. The molecular formula is C27H25NO. The third-order valence-electron chi connectivity index (χ3n) is 4.58. The fourth-order valence-electron chi connectivity index (χ4n) is 3.32. The van der Waals surface area contributed by atoms with E-state index in [-0.39, 0.29) is 5.54 Å². The van der Waals surface area contributed by atoms with Crippen molar-refractivity contribution in [2.24, 2.45) is 4.99 Å². The number of nitrogens with zero attached hydrogens (tertiary/aromatic N) is 1. The number of hydrogen-bond donors (Lipinski definition) is 0. The summed E-state index contributed by atoms with van der Waals surface area (Å²) in [4.78, 5) is 5.01. The number of allylic oxidation sites excluding steroid dienone is 3. The van der Waals surface area contributed by atoms with Crippen molar-refractivity contribution in [1.82, 2.24) is 0 Å². The molecule has 1 aliphatic heterocycles. The summed E-state index contributed by atoms with van der Waals surface area (Å²) in [5, 5.41) is 0. The second kappa shape index (κ2) is 7.92. The first kappa shape index (κ1) is 18.9. The standard InChI is InChI=1S/C27H25NO/c1-27(2,3)28-24(20-12-6-4-7-13-20)18-22-19-26(21-14-8-5-9-15-21)29-25-17-11-10-16-23(22)25/h4-19H,1-3H3. The molecule has 1 aliphatic rings. The molecule has 3 aromatic carbocycles. The van der Waals surface area contributed by atoms with Crippen molar-refractivity contribution in [1.29, 1.82) is 0 Å². The highest BCUT2D eigenvalue weighted by molar-refractivity contribution is 6.14. The Bertz CT molecular complexity index is 1080. The first-order valence-corrected chi connectivity index (χ1v) is 9.91. The van der Waals surface area contributed by atoms with Gasteiger partial charge in [0.1, 0.15) is 11.5 Å². The van der Waals surface area contributed by atoms with Crippen molar-refractivity contribution < 1.29 is 4.74 Å². The van der Waals surface area contributed by atoms with Gasteiger partial charge in [-0.3, -0.25) is 4.99 Å². The van der Waals surface area contributed by atoms with E-state index in [1.807, 2.05) is 42.5 Å². The number of aliphatic imine (C=N–C) groups is 1. The summed E-state index contributed by atoms with van der Waals surface area (Å²) in [5.41, 5.74) is 5.12. The molecule has 0 spiro atoms. The summed E-state index contributed by atoms with van der Waals surface area (Å²) in [6.07, 6.45) is 4.28. The Kier molecular flexibility index (Phi) is 5.18. The molecule has 0 aliphatic carbocycles. The van der Waals surface area contributed by atoms with Crippen LogP contribution in [0.3, 0.4) is 0 Å². The first-order valence-electron chi connectivity index (χ1n) is 9.91. The van der Waals surface area contributed by atoms with Gasteiger partial charge in [0.25, 0.3) is 0 Å². The molecule has 0 saturated heterocycles. The summed E-state index contributed by atoms with van der Waals surface area (Å²) >= 11 is 0. The lowest BCUT2D eigenvalue weighted by Gasteiger charge is -2.21. The molecule has 0 atom stereocenters. The maximum atomic E-state index is 6.22. The highest BCUT2D eigenvalue weighted by Crippen LogP contribution is 2.37. The molecule has 0 saturated carbocycles. The molecule has 2 heteroatoms. The Labute approximate surface area is 172 Å². The maximum absolute atomic E-state index is 6.22. The molecule has 4 rings (SSSR count). The van der Waals surface area contributed by atoms with Crippen LogP contribution in [0.1, 0.15) is 37.5 Å². The van der Waals surface area contributed by atoms with Crippen LogP contribution in [0.15, 0.2) is 102 Å². The maximum Gasteiger partial charge on any atom is 0.135 e. The Morgan fingerprint density at radius 1 is 0.793 bits per heavy atom. The second-order valence-electron chi connectivity index (χ2n) is 8.11. The van der Waals surface area contributed by atoms with E-state index in [0.717, 1.165) is 39.5 Å². The topological polar surface area (TPSA) is 21.6 Å². The van der Waals surface area contributed by atoms with Crippen LogP contribution in [-0.2, 0) is 0 Å². The van der Waals surface area contributed by atoms with Gasteiger partial charge in [0.2, 0.25) is 0 Å². The zero-order valence-corrected chi connectivity index (χ0v) is 17.1. The van der Waals surface area contributed by atoms with Crippen LogP contribution in [0.25, 0.3) is 11.3 Å². The summed E-state index contributed by atoms with van der Waals surface area (Å²) < 4.78 is 6.22. The van der Waals surface area contributed by atoms with Gasteiger partial charge in [-0.05, 0) is 50.1 Å². The monoisotopic (exact) mass is 379 g/mol. The molecule has 0 aromatic heterocycles. The SMILES string of the molecule is CC(C)(C)N=C(C=C1C=C(c2ccccc2)Oc2ccccc21)c1ccccc1. The summed E-state index contributed by atoms with van der Waals surface area (Å²) in [6, 6.07) is 28.7. The van der Waals surface area contributed by atoms with E-state index in [1.54, 1.807) is 0 Å². The van der Waals surface area contributed by atoms with E-state index in [1.165, 1.54) is 0 Å². The third kappa shape index (κ3) is 4.55.